The summed E-state index contributed by atoms with van der Waals surface area (Å²) in [5.41, 5.74) is 0.0201. The molecule has 0 aliphatic rings. The van der Waals surface area contributed by atoms with Gasteiger partial charge < -0.3 is 5.32 Å². The van der Waals surface area contributed by atoms with Crippen molar-refractivity contribution in [2.24, 2.45) is 0 Å². The third-order valence-electron chi connectivity index (χ3n) is 1.54. The van der Waals surface area contributed by atoms with Crippen LogP contribution in [0.3, 0.4) is 0 Å². The fourth-order valence-electron chi connectivity index (χ4n) is 0.846. The molecule has 15 heavy (non-hydrogen) atoms. The smallest absolute Gasteiger partial charge is 0.148 e. The van der Waals surface area contributed by atoms with Gasteiger partial charge in [-0.2, -0.15) is 10.5 Å². The van der Waals surface area contributed by atoms with Crippen LogP contribution in [-0.2, 0) is 0 Å². The highest BCUT2D eigenvalue weighted by atomic mass is 35.5. The first-order valence-electron chi connectivity index (χ1n) is 3.89. The standard InChI is InChI=1S/C10H5ClFN3/c11-8-1-2-10(9(12)3-8)15-6-7(4-13)5-14/h1-3,6,15H. The monoisotopic (exact) mass is 221 g/mol. The van der Waals surface area contributed by atoms with Crippen LogP contribution in [0.2, 0.25) is 5.02 Å². The van der Waals surface area contributed by atoms with E-state index in [-0.39, 0.29) is 16.3 Å². The molecule has 0 saturated heterocycles. The second-order valence-corrected chi connectivity index (χ2v) is 2.99. The highest BCUT2D eigenvalue weighted by molar-refractivity contribution is 6.30. The summed E-state index contributed by atoms with van der Waals surface area (Å²) >= 11 is 5.55. The van der Waals surface area contributed by atoms with E-state index in [0.29, 0.717) is 0 Å². The van der Waals surface area contributed by atoms with Crippen LogP contribution in [0.15, 0.2) is 30.0 Å². The second-order valence-electron chi connectivity index (χ2n) is 2.55. The van der Waals surface area contributed by atoms with Gasteiger partial charge in [0.25, 0.3) is 0 Å². The summed E-state index contributed by atoms with van der Waals surface area (Å²) in [7, 11) is 0. The second kappa shape index (κ2) is 4.99. The van der Waals surface area contributed by atoms with Gasteiger partial charge in [-0.05, 0) is 18.2 Å². The fourth-order valence-corrected chi connectivity index (χ4v) is 1.00. The molecule has 0 unspecified atom stereocenters. The van der Waals surface area contributed by atoms with E-state index >= 15 is 0 Å². The van der Waals surface area contributed by atoms with Crippen molar-refractivity contribution in [3.63, 3.8) is 0 Å². The molecule has 0 aliphatic heterocycles. The molecular weight excluding hydrogens is 217 g/mol. The lowest BCUT2D eigenvalue weighted by atomic mass is 10.3. The molecule has 0 fully saturated rings. The van der Waals surface area contributed by atoms with Crippen molar-refractivity contribution in [1.82, 2.24) is 0 Å². The van der Waals surface area contributed by atoms with Crippen molar-refractivity contribution < 1.29 is 4.39 Å². The molecule has 0 bridgehead atoms. The van der Waals surface area contributed by atoms with Crippen molar-refractivity contribution >= 4 is 17.3 Å². The van der Waals surface area contributed by atoms with Gasteiger partial charge in [0.2, 0.25) is 0 Å². The molecule has 1 aromatic rings. The number of allylic oxidation sites excluding steroid dienone is 1. The summed E-state index contributed by atoms with van der Waals surface area (Å²) in [5.74, 6) is -0.547. The molecule has 0 radical (unpaired) electrons. The van der Waals surface area contributed by atoms with Crippen LogP contribution in [0.4, 0.5) is 10.1 Å². The molecular formula is C10H5ClFN3. The molecule has 1 rings (SSSR count). The largest absolute Gasteiger partial charge is 0.357 e. The third-order valence-corrected chi connectivity index (χ3v) is 1.78. The van der Waals surface area contributed by atoms with Crippen LogP contribution in [0, 0.1) is 28.5 Å². The number of nitrogens with zero attached hydrogens (tertiary/aromatic N) is 2. The zero-order valence-corrected chi connectivity index (χ0v) is 8.22. The zero-order chi connectivity index (χ0) is 11.3. The van der Waals surface area contributed by atoms with Gasteiger partial charge in [0, 0.05) is 11.2 Å². The highest BCUT2D eigenvalue weighted by Gasteiger charge is 2.01. The number of nitriles is 2. The van der Waals surface area contributed by atoms with E-state index in [1.54, 1.807) is 12.1 Å². The minimum Gasteiger partial charge on any atom is -0.357 e. The molecule has 0 amide bonds. The van der Waals surface area contributed by atoms with Crippen LogP contribution in [0.5, 0.6) is 0 Å². The molecule has 0 aromatic heterocycles. The average Bonchev–Trinajstić information content (AvgIpc) is 2.22. The number of benzene rings is 1. The van der Waals surface area contributed by atoms with Crippen molar-refractivity contribution in [1.29, 1.82) is 10.5 Å². The van der Waals surface area contributed by atoms with Crippen LogP contribution < -0.4 is 5.32 Å². The molecule has 0 spiro atoms. The molecule has 3 nitrogen and oxygen atoms in total. The molecule has 1 aromatic carbocycles. The van der Waals surface area contributed by atoms with Crippen LogP contribution in [-0.4, -0.2) is 0 Å². The van der Waals surface area contributed by atoms with Crippen molar-refractivity contribution in [3.8, 4) is 12.1 Å². The Morgan fingerprint density at radius 3 is 2.60 bits per heavy atom. The van der Waals surface area contributed by atoms with E-state index in [9.17, 15) is 4.39 Å². The van der Waals surface area contributed by atoms with Crippen LogP contribution in [0.25, 0.3) is 0 Å². The van der Waals surface area contributed by atoms with Gasteiger partial charge in [-0.25, -0.2) is 4.39 Å². The lowest BCUT2D eigenvalue weighted by Crippen LogP contribution is -1.93. The van der Waals surface area contributed by atoms with Gasteiger partial charge >= 0.3 is 0 Å². The van der Waals surface area contributed by atoms with E-state index in [0.717, 1.165) is 12.3 Å². The molecule has 74 valence electrons. The fraction of sp³-hybridized carbons (Fsp3) is 0. The topological polar surface area (TPSA) is 59.6 Å². The molecule has 0 aliphatic carbocycles. The SMILES string of the molecule is N#CC(C#N)=CNc1ccc(Cl)cc1F. The van der Waals surface area contributed by atoms with Gasteiger partial charge in [0.15, 0.2) is 0 Å². The van der Waals surface area contributed by atoms with E-state index in [1.165, 1.54) is 12.1 Å². The summed E-state index contributed by atoms with van der Waals surface area (Å²) < 4.78 is 13.2. The zero-order valence-electron chi connectivity index (χ0n) is 7.46. The Bertz CT molecular complexity index is 466. The van der Waals surface area contributed by atoms with E-state index < -0.39 is 5.82 Å². The highest BCUT2D eigenvalue weighted by Crippen LogP contribution is 2.18. The number of hydrogen-bond donors (Lipinski definition) is 1. The maximum atomic E-state index is 13.2. The predicted octanol–water partition coefficient (Wildman–Crippen LogP) is 2.82. The maximum Gasteiger partial charge on any atom is 0.148 e. The van der Waals surface area contributed by atoms with Gasteiger partial charge in [0.05, 0.1) is 5.69 Å². The molecule has 0 heterocycles. The van der Waals surface area contributed by atoms with Crippen molar-refractivity contribution in [2.45, 2.75) is 0 Å². The Morgan fingerprint density at radius 2 is 2.07 bits per heavy atom. The van der Waals surface area contributed by atoms with Gasteiger partial charge in [-0.1, -0.05) is 11.6 Å². The first-order valence-corrected chi connectivity index (χ1v) is 4.27. The Morgan fingerprint density at radius 1 is 1.40 bits per heavy atom. The minimum absolute atomic E-state index is 0.135. The Balaban J connectivity index is 2.89. The quantitative estimate of drug-likeness (QED) is 0.782. The Kier molecular flexibility index (Phi) is 3.68. The number of halogens is 2. The normalized spacial score (nSPS) is 8.53. The third kappa shape index (κ3) is 2.98. The predicted molar refractivity (Wildman–Crippen MR) is 54.3 cm³/mol. The lowest BCUT2D eigenvalue weighted by Gasteiger charge is -2.02. The lowest BCUT2D eigenvalue weighted by molar-refractivity contribution is 0.632. The van der Waals surface area contributed by atoms with Crippen LogP contribution in [0.1, 0.15) is 0 Å². The van der Waals surface area contributed by atoms with Gasteiger partial charge in [-0.3, -0.25) is 0 Å². The van der Waals surface area contributed by atoms with Gasteiger partial charge in [-0.15, -0.1) is 0 Å². The van der Waals surface area contributed by atoms with Crippen molar-refractivity contribution in [3.05, 3.63) is 40.8 Å². The molecule has 0 atom stereocenters. The molecule has 5 heteroatoms. The maximum absolute atomic E-state index is 13.2. The minimum atomic E-state index is -0.547. The summed E-state index contributed by atoms with van der Waals surface area (Å²) in [6.07, 6.45) is 1.13. The Hall–Kier alpha value is -2.04. The Labute approximate surface area is 91.0 Å². The molecule has 0 saturated carbocycles. The number of rotatable bonds is 2. The van der Waals surface area contributed by atoms with E-state index in [1.807, 2.05) is 0 Å². The average molecular weight is 222 g/mol. The van der Waals surface area contributed by atoms with Crippen LogP contribution >= 0.6 is 11.6 Å². The summed E-state index contributed by atoms with van der Waals surface area (Å²) in [6, 6.07) is 7.34. The number of anilines is 1. The van der Waals surface area contributed by atoms with Gasteiger partial charge in [0.1, 0.15) is 23.5 Å². The van der Waals surface area contributed by atoms with Crippen molar-refractivity contribution in [2.75, 3.05) is 5.32 Å². The van der Waals surface area contributed by atoms with E-state index in [4.69, 9.17) is 22.1 Å². The first-order chi connectivity index (χ1) is 7.17. The number of hydrogen-bond acceptors (Lipinski definition) is 3. The first kappa shape index (κ1) is 11.0. The molecule has 1 N–H and O–H groups in total. The summed E-state index contributed by atoms with van der Waals surface area (Å²) in [6.45, 7) is 0. The summed E-state index contributed by atoms with van der Waals surface area (Å²) in [5, 5.41) is 19.6. The summed E-state index contributed by atoms with van der Waals surface area (Å²) in [4.78, 5) is 0. The number of nitrogens with one attached hydrogen (secondary N) is 1. The van der Waals surface area contributed by atoms with E-state index in [2.05, 4.69) is 5.32 Å².